The van der Waals surface area contributed by atoms with Crippen LogP contribution >= 0.6 is 22.7 Å². The minimum Gasteiger partial charge on any atom is -0.493 e. The quantitative estimate of drug-likeness (QED) is 0.128. The molecule has 0 aliphatic carbocycles. The molecule has 42 heavy (non-hydrogen) atoms. The molecule has 0 bridgehead atoms. The van der Waals surface area contributed by atoms with Crippen molar-refractivity contribution in [1.82, 2.24) is 4.98 Å². The number of Topliss-reactive ketones (excluding diaryl/α,β-unsaturated/α-hetero) is 2. The summed E-state index contributed by atoms with van der Waals surface area (Å²) in [5, 5.41) is 18.0. The van der Waals surface area contributed by atoms with E-state index in [9.17, 15) is 19.2 Å². The Hall–Kier alpha value is -4.30. The number of aromatic nitrogens is 1. The zero-order chi connectivity index (χ0) is 30.6. The molecule has 0 saturated heterocycles. The molecule has 14 heteroatoms. The molecule has 0 spiro atoms. The van der Waals surface area contributed by atoms with Gasteiger partial charge in [0, 0.05) is 35.1 Å². The lowest BCUT2D eigenvalue weighted by atomic mass is 10.0. The number of benzene rings is 1. The maximum Gasteiger partial charge on any atom is 0.306 e. The predicted molar refractivity (Wildman–Crippen MR) is 152 cm³/mol. The highest BCUT2D eigenvalue weighted by Crippen LogP contribution is 2.40. The Morgan fingerprint density at radius 3 is 2.19 bits per heavy atom. The lowest BCUT2D eigenvalue weighted by Gasteiger charge is -2.13. The number of pyridine rings is 1. The Morgan fingerprint density at radius 2 is 1.52 bits per heavy atom. The highest BCUT2D eigenvalue weighted by molar-refractivity contribution is 7.21. The molecule has 1 atom stereocenters. The minimum atomic E-state index is -1.09. The minimum absolute atomic E-state index is 0.0650. The van der Waals surface area contributed by atoms with Crippen molar-refractivity contribution >= 4 is 66.5 Å². The summed E-state index contributed by atoms with van der Waals surface area (Å²) in [6.07, 6.45) is -0.606. The largest absolute Gasteiger partial charge is 0.493 e. The summed E-state index contributed by atoms with van der Waals surface area (Å²) in [5.41, 5.74) is 0.467. The SMILES string of the molecule is COc1cc2sc(C(=O)CCC(=O)O)cc2nc1OCCOc1c(OC)cc2sc(C(=O)CC(C)C(=O)O)cc2c1F. The van der Waals surface area contributed by atoms with E-state index in [4.69, 9.17) is 29.2 Å². The van der Waals surface area contributed by atoms with E-state index < -0.39 is 29.5 Å². The Balaban J connectivity index is 1.47. The zero-order valence-electron chi connectivity index (χ0n) is 22.7. The monoisotopic (exact) mass is 619 g/mol. The summed E-state index contributed by atoms with van der Waals surface area (Å²) in [5.74, 6) is -4.12. The molecule has 0 saturated carbocycles. The normalized spacial score (nSPS) is 11.8. The molecule has 3 aromatic heterocycles. The fraction of sp³-hybridized carbons (Fsp3) is 0.321. The number of hydrogen-bond acceptors (Lipinski definition) is 11. The van der Waals surface area contributed by atoms with Crippen LogP contribution in [-0.4, -0.2) is 66.1 Å². The molecule has 4 rings (SSSR count). The first-order valence-electron chi connectivity index (χ1n) is 12.6. The van der Waals surface area contributed by atoms with Crippen molar-refractivity contribution in [2.75, 3.05) is 27.4 Å². The summed E-state index contributed by atoms with van der Waals surface area (Å²) in [7, 11) is 2.78. The molecule has 1 unspecified atom stereocenters. The van der Waals surface area contributed by atoms with Crippen molar-refractivity contribution in [2.45, 2.75) is 26.2 Å². The van der Waals surface area contributed by atoms with Crippen LogP contribution in [0.2, 0.25) is 0 Å². The van der Waals surface area contributed by atoms with Crippen LogP contribution in [0.3, 0.4) is 0 Å². The number of hydrogen-bond donors (Lipinski definition) is 2. The fourth-order valence-corrected chi connectivity index (χ4v) is 5.97. The maximum absolute atomic E-state index is 15.5. The highest BCUT2D eigenvalue weighted by Gasteiger charge is 2.23. The first-order chi connectivity index (χ1) is 20.0. The van der Waals surface area contributed by atoms with Gasteiger partial charge in [0.2, 0.25) is 0 Å². The summed E-state index contributed by atoms with van der Waals surface area (Å²) in [6.45, 7) is 1.25. The molecule has 11 nitrogen and oxygen atoms in total. The van der Waals surface area contributed by atoms with Gasteiger partial charge >= 0.3 is 11.9 Å². The van der Waals surface area contributed by atoms with E-state index in [1.165, 1.54) is 38.5 Å². The summed E-state index contributed by atoms with van der Waals surface area (Å²) >= 11 is 2.21. The Morgan fingerprint density at radius 1 is 0.881 bits per heavy atom. The lowest BCUT2D eigenvalue weighted by Crippen LogP contribution is -2.14. The van der Waals surface area contributed by atoms with Crippen molar-refractivity contribution in [1.29, 1.82) is 0 Å². The first kappa shape index (κ1) is 30.7. The number of ether oxygens (including phenoxy) is 4. The fourth-order valence-electron chi connectivity index (χ4n) is 3.93. The molecular weight excluding hydrogens is 593 g/mol. The third-order valence-corrected chi connectivity index (χ3v) is 8.39. The molecule has 0 fully saturated rings. The Labute approximate surface area is 246 Å². The molecule has 0 aliphatic heterocycles. The van der Waals surface area contributed by atoms with Crippen molar-refractivity contribution in [3.63, 3.8) is 0 Å². The number of carboxylic acid groups (broad SMARTS) is 2. The predicted octanol–water partition coefficient (Wildman–Crippen LogP) is 5.47. The number of carboxylic acids is 2. The number of nitrogens with zero attached hydrogens (tertiary/aromatic N) is 1. The standard InChI is InChI=1S/C28H26FNO10S2/c1-13(28(35)36)8-17(32)22-9-14-20(41-22)11-18(37-2)26(25(14)29)39-6-7-40-27-19(38-3)12-21-15(30-27)10-23(42-21)16(31)4-5-24(33)34/h9-13H,4-8H2,1-3H3,(H,33,34)(H,35,36). The van der Waals surface area contributed by atoms with Gasteiger partial charge in [-0.05, 0) is 12.1 Å². The van der Waals surface area contributed by atoms with Crippen molar-refractivity contribution in [2.24, 2.45) is 5.92 Å². The van der Waals surface area contributed by atoms with Crippen LogP contribution < -0.4 is 18.9 Å². The van der Waals surface area contributed by atoms with Crippen molar-refractivity contribution in [3.05, 3.63) is 39.8 Å². The van der Waals surface area contributed by atoms with Gasteiger partial charge in [-0.25, -0.2) is 9.37 Å². The van der Waals surface area contributed by atoms with Crippen molar-refractivity contribution < 1.29 is 52.7 Å². The third-order valence-electron chi connectivity index (χ3n) is 6.15. The Kier molecular flexibility index (Phi) is 9.58. The summed E-state index contributed by atoms with van der Waals surface area (Å²) in [6, 6.07) is 6.13. The van der Waals surface area contributed by atoms with E-state index in [1.54, 1.807) is 18.2 Å². The topological polar surface area (TPSA) is 159 Å². The lowest BCUT2D eigenvalue weighted by molar-refractivity contribution is -0.141. The molecule has 0 radical (unpaired) electrons. The Bertz CT molecular complexity index is 1680. The molecular formula is C28H26FNO10S2. The van der Waals surface area contributed by atoms with E-state index >= 15 is 4.39 Å². The van der Waals surface area contributed by atoms with Crippen LogP contribution in [0, 0.1) is 11.7 Å². The van der Waals surface area contributed by atoms with Gasteiger partial charge in [-0.2, -0.15) is 0 Å². The number of halogens is 1. The number of ketones is 2. The molecule has 222 valence electrons. The van der Waals surface area contributed by atoms with Gasteiger partial charge < -0.3 is 29.2 Å². The van der Waals surface area contributed by atoms with Crippen LogP contribution in [0.25, 0.3) is 20.3 Å². The van der Waals surface area contributed by atoms with Crippen LogP contribution in [0.15, 0.2) is 24.3 Å². The van der Waals surface area contributed by atoms with E-state index in [0.717, 1.165) is 11.3 Å². The number of methoxy groups -OCH3 is 2. The highest BCUT2D eigenvalue weighted by atomic mass is 32.1. The summed E-state index contributed by atoms with van der Waals surface area (Å²) in [4.78, 5) is 51.8. The second-order valence-corrected chi connectivity index (χ2v) is 11.3. The zero-order valence-corrected chi connectivity index (χ0v) is 24.4. The average Bonchev–Trinajstić information content (AvgIpc) is 3.58. The molecule has 1 aromatic carbocycles. The summed E-state index contributed by atoms with van der Waals surface area (Å²) < 4.78 is 38.6. The second-order valence-electron chi connectivity index (χ2n) is 9.11. The first-order valence-corrected chi connectivity index (χ1v) is 14.2. The maximum atomic E-state index is 15.5. The molecule has 0 aliphatic rings. The van der Waals surface area contributed by atoms with Crippen LogP contribution in [0.1, 0.15) is 45.5 Å². The molecule has 2 N–H and O–H groups in total. The van der Waals surface area contributed by atoms with Gasteiger partial charge in [-0.3, -0.25) is 19.2 Å². The number of fused-ring (bicyclic) bond motifs is 2. The molecule has 0 amide bonds. The van der Waals surface area contributed by atoms with Crippen LogP contribution in [0.5, 0.6) is 23.1 Å². The van der Waals surface area contributed by atoms with E-state index in [2.05, 4.69) is 4.98 Å². The van der Waals surface area contributed by atoms with E-state index in [1.807, 2.05) is 0 Å². The van der Waals surface area contributed by atoms with Gasteiger partial charge in [-0.15, -0.1) is 22.7 Å². The van der Waals surface area contributed by atoms with E-state index in [0.29, 0.717) is 25.5 Å². The van der Waals surface area contributed by atoms with E-state index in [-0.39, 0.29) is 65.9 Å². The number of carbonyl (C=O) groups is 4. The number of rotatable bonds is 15. The van der Waals surface area contributed by atoms with Gasteiger partial charge in [0.15, 0.2) is 34.6 Å². The van der Waals surface area contributed by atoms with Gasteiger partial charge in [0.1, 0.15) is 13.2 Å². The molecule has 4 aromatic rings. The van der Waals surface area contributed by atoms with Gasteiger partial charge in [0.05, 0.1) is 46.5 Å². The number of thiophene rings is 2. The number of carbonyl (C=O) groups excluding carboxylic acids is 2. The van der Waals surface area contributed by atoms with Gasteiger partial charge in [0.25, 0.3) is 5.88 Å². The average molecular weight is 620 g/mol. The molecule has 3 heterocycles. The van der Waals surface area contributed by atoms with Gasteiger partial charge in [-0.1, -0.05) is 6.92 Å². The smallest absolute Gasteiger partial charge is 0.306 e. The third kappa shape index (κ3) is 6.77. The number of aliphatic carboxylic acids is 2. The van der Waals surface area contributed by atoms with Crippen molar-refractivity contribution in [3.8, 4) is 23.1 Å². The van der Waals surface area contributed by atoms with Crippen LogP contribution in [0.4, 0.5) is 4.39 Å². The second kappa shape index (κ2) is 13.1. The van der Waals surface area contributed by atoms with Crippen LogP contribution in [-0.2, 0) is 9.59 Å².